The number of pyridine rings is 1. The number of benzene rings is 1. The summed E-state index contributed by atoms with van der Waals surface area (Å²) in [5, 5.41) is 0. The molecule has 0 aliphatic heterocycles. The molecular formula is C15H14BrN3O. The number of imidazole rings is 1. The fraction of sp³-hybridized carbons (Fsp3) is 0.200. The van der Waals surface area contributed by atoms with Gasteiger partial charge in [0.15, 0.2) is 5.65 Å². The number of H-pyrrole nitrogens is 1. The van der Waals surface area contributed by atoms with Crippen LogP contribution >= 0.6 is 15.9 Å². The van der Waals surface area contributed by atoms with Crippen molar-refractivity contribution >= 4 is 27.1 Å². The van der Waals surface area contributed by atoms with Crippen molar-refractivity contribution in [2.45, 2.75) is 20.0 Å². The predicted molar refractivity (Wildman–Crippen MR) is 82.8 cm³/mol. The zero-order valence-electron chi connectivity index (χ0n) is 11.2. The molecule has 0 aliphatic rings. The van der Waals surface area contributed by atoms with Crippen LogP contribution in [-0.4, -0.2) is 21.1 Å². The molecule has 1 N–H and O–H groups in total. The van der Waals surface area contributed by atoms with E-state index in [0.717, 1.165) is 27.1 Å². The van der Waals surface area contributed by atoms with E-state index in [2.05, 4.69) is 30.9 Å². The standard InChI is InChI=1S/C15H14BrN3O/c1-9(2)20-12-5-3-4-10(6-12)14-18-13-7-11(16)8-17-15(13)19-14/h3-9H,1-2H3,(H,17,18,19). The van der Waals surface area contributed by atoms with Crippen LogP contribution in [0.5, 0.6) is 5.75 Å². The molecule has 102 valence electrons. The van der Waals surface area contributed by atoms with Gasteiger partial charge in [0.05, 0.1) is 11.6 Å². The van der Waals surface area contributed by atoms with Gasteiger partial charge in [-0.15, -0.1) is 0 Å². The van der Waals surface area contributed by atoms with Crippen LogP contribution in [0.15, 0.2) is 41.0 Å². The lowest BCUT2D eigenvalue weighted by molar-refractivity contribution is 0.242. The first kappa shape index (κ1) is 13.1. The molecule has 0 unspecified atom stereocenters. The molecule has 0 amide bonds. The van der Waals surface area contributed by atoms with Crippen molar-refractivity contribution in [1.82, 2.24) is 15.0 Å². The topological polar surface area (TPSA) is 50.8 Å². The van der Waals surface area contributed by atoms with Crippen LogP contribution in [-0.2, 0) is 0 Å². The maximum absolute atomic E-state index is 5.70. The molecule has 1 aromatic carbocycles. The first-order chi connectivity index (χ1) is 9.61. The van der Waals surface area contributed by atoms with Crippen LogP contribution in [0.25, 0.3) is 22.6 Å². The Morgan fingerprint density at radius 3 is 2.90 bits per heavy atom. The number of nitrogens with zero attached hydrogens (tertiary/aromatic N) is 2. The Kier molecular flexibility index (Phi) is 3.44. The van der Waals surface area contributed by atoms with Crippen molar-refractivity contribution in [3.05, 3.63) is 41.0 Å². The molecule has 2 aromatic heterocycles. The highest BCUT2D eigenvalue weighted by atomic mass is 79.9. The summed E-state index contributed by atoms with van der Waals surface area (Å²) >= 11 is 3.41. The van der Waals surface area contributed by atoms with Gasteiger partial charge in [0, 0.05) is 16.2 Å². The van der Waals surface area contributed by atoms with Gasteiger partial charge < -0.3 is 9.72 Å². The minimum absolute atomic E-state index is 0.151. The first-order valence-electron chi connectivity index (χ1n) is 6.40. The lowest BCUT2D eigenvalue weighted by Crippen LogP contribution is -2.05. The monoisotopic (exact) mass is 331 g/mol. The normalized spacial score (nSPS) is 11.2. The largest absolute Gasteiger partial charge is 0.491 e. The van der Waals surface area contributed by atoms with Crippen LogP contribution < -0.4 is 4.74 Å². The van der Waals surface area contributed by atoms with E-state index in [0.29, 0.717) is 5.65 Å². The van der Waals surface area contributed by atoms with Crippen molar-refractivity contribution < 1.29 is 4.74 Å². The Labute approximate surface area is 125 Å². The van der Waals surface area contributed by atoms with Gasteiger partial charge >= 0.3 is 0 Å². The highest BCUT2D eigenvalue weighted by Crippen LogP contribution is 2.25. The third kappa shape index (κ3) is 2.67. The summed E-state index contributed by atoms with van der Waals surface area (Å²) in [5.74, 6) is 1.63. The lowest BCUT2D eigenvalue weighted by atomic mass is 10.2. The third-order valence-corrected chi connectivity index (χ3v) is 3.22. The van der Waals surface area contributed by atoms with E-state index in [1.165, 1.54) is 0 Å². The molecule has 0 bridgehead atoms. The second kappa shape index (κ2) is 5.25. The second-order valence-corrected chi connectivity index (χ2v) is 5.72. The van der Waals surface area contributed by atoms with Gasteiger partial charge in [0.25, 0.3) is 0 Å². The lowest BCUT2D eigenvalue weighted by Gasteiger charge is -2.09. The Balaban J connectivity index is 2.01. The van der Waals surface area contributed by atoms with E-state index in [1.807, 2.05) is 44.2 Å². The first-order valence-corrected chi connectivity index (χ1v) is 7.19. The molecule has 0 fully saturated rings. The van der Waals surface area contributed by atoms with Crippen LogP contribution in [0.3, 0.4) is 0 Å². The third-order valence-electron chi connectivity index (χ3n) is 2.78. The quantitative estimate of drug-likeness (QED) is 0.783. The molecular weight excluding hydrogens is 318 g/mol. The fourth-order valence-electron chi connectivity index (χ4n) is 2.00. The number of hydrogen-bond donors (Lipinski definition) is 1. The number of fused-ring (bicyclic) bond motifs is 1. The van der Waals surface area contributed by atoms with Gasteiger partial charge in [-0.25, -0.2) is 9.97 Å². The molecule has 3 aromatic rings. The highest BCUT2D eigenvalue weighted by Gasteiger charge is 2.08. The SMILES string of the molecule is CC(C)Oc1cccc(-c2nc3ncc(Br)cc3[nH]2)c1. The smallest absolute Gasteiger partial charge is 0.178 e. The summed E-state index contributed by atoms with van der Waals surface area (Å²) in [4.78, 5) is 12.1. The maximum Gasteiger partial charge on any atom is 0.178 e. The average molecular weight is 332 g/mol. The number of aromatic nitrogens is 3. The van der Waals surface area contributed by atoms with Gasteiger partial charge in [-0.2, -0.15) is 0 Å². The van der Waals surface area contributed by atoms with Crippen molar-refractivity contribution in [2.24, 2.45) is 0 Å². The van der Waals surface area contributed by atoms with Gasteiger partial charge in [0.2, 0.25) is 0 Å². The van der Waals surface area contributed by atoms with Gasteiger partial charge in [-0.05, 0) is 48.0 Å². The van der Waals surface area contributed by atoms with Crippen LogP contribution in [0.1, 0.15) is 13.8 Å². The van der Waals surface area contributed by atoms with Crippen LogP contribution in [0.2, 0.25) is 0 Å². The zero-order valence-corrected chi connectivity index (χ0v) is 12.8. The number of hydrogen-bond acceptors (Lipinski definition) is 3. The van der Waals surface area contributed by atoms with E-state index >= 15 is 0 Å². The van der Waals surface area contributed by atoms with E-state index in [-0.39, 0.29) is 6.10 Å². The minimum atomic E-state index is 0.151. The van der Waals surface area contributed by atoms with Crippen molar-refractivity contribution in [3.8, 4) is 17.1 Å². The Bertz CT molecular complexity index is 752. The van der Waals surface area contributed by atoms with E-state index in [9.17, 15) is 0 Å². The molecule has 0 radical (unpaired) electrons. The second-order valence-electron chi connectivity index (χ2n) is 4.80. The summed E-state index contributed by atoms with van der Waals surface area (Å²) in [6, 6.07) is 9.85. The fourth-order valence-corrected chi connectivity index (χ4v) is 2.33. The van der Waals surface area contributed by atoms with Gasteiger partial charge in [0.1, 0.15) is 11.6 Å². The molecule has 3 rings (SSSR count). The number of nitrogens with one attached hydrogen (secondary N) is 1. The molecule has 0 saturated carbocycles. The molecule has 5 heteroatoms. The Hall–Kier alpha value is -1.88. The number of rotatable bonds is 3. The summed E-state index contributed by atoms with van der Waals surface area (Å²) in [5.41, 5.74) is 2.60. The summed E-state index contributed by atoms with van der Waals surface area (Å²) in [6.45, 7) is 4.02. The van der Waals surface area contributed by atoms with Crippen molar-refractivity contribution in [1.29, 1.82) is 0 Å². The van der Waals surface area contributed by atoms with Crippen LogP contribution in [0, 0.1) is 0 Å². The Morgan fingerprint density at radius 1 is 1.25 bits per heavy atom. The van der Waals surface area contributed by atoms with E-state index in [4.69, 9.17) is 4.74 Å². The molecule has 0 atom stereocenters. The molecule has 0 spiro atoms. The van der Waals surface area contributed by atoms with Gasteiger partial charge in [-0.3, -0.25) is 0 Å². The number of aromatic amines is 1. The summed E-state index contributed by atoms with van der Waals surface area (Å²) in [6.07, 6.45) is 1.89. The molecule has 0 saturated heterocycles. The number of ether oxygens (including phenoxy) is 1. The summed E-state index contributed by atoms with van der Waals surface area (Å²) in [7, 11) is 0. The van der Waals surface area contributed by atoms with Crippen LogP contribution in [0.4, 0.5) is 0 Å². The molecule has 2 heterocycles. The zero-order chi connectivity index (χ0) is 14.1. The predicted octanol–water partition coefficient (Wildman–Crippen LogP) is 4.17. The van der Waals surface area contributed by atoms with Gasteiger partial charge in [-0.1, -0.05) is 12.1 Å². The van der Waals surface area contributed by atoms with E-state index < -0.39 is 0 Å². The van der Waals surface area contributed by atoms with E-state index in [1.54, 1.807) is 6.20 Å². The molecule has 20 heavy (non-hydrogen) atoms. The highest BCUT2D eigenvalue weighted by molar-refractivity contribution is 9.10. The molecule has 0 aliphatic carbocycles. The number of halogens is 1. The molecule has 4 nitrogen and oxygen atoms in total. The van der Waals surface area contributed by atoms with Crippen molar-refractivity contribution in [3.63, 3.8) is 0 Å². The Morgan fingerprint density at radius 2 is 2.10 bits per heavy atom. The average Bonchev–Trinajstić information content (AvgIpc) is 2.81. The summed E-state index contributed by atoms with van der Waals surface area (Å²) < 4.78 is 6.63. The minimum Gasteiger partial charge on any atom is -0.491 e. The van der Waals surface area contributed by atoms with Crippen molar-refractivity contribution in [2.75, 3.05) is 0 Å². The maximum atomic E-state index is 5.70.